The summed E-state index contributed by atoms with van der Waals surface area (Å²) in [4.78, 5) is 44.7. The van der Waals surface area contributed by atoms with E-state index in [-0.39, 0.29) is 18.4 Å². The average molecular weight is 433 g/mol. The molecule has 0 bridgehead atoms. The van der Waals surface area contributed by atoms with Crippen LogP contribution in [0.5, 0.6) is 0 Å². The van der Waals surface area contributed by atoms with Crippen LogP contribution in [-0.4, -0.2) is 50.8 Å². The molecule has 2 heterocycles. The number of carbonyl (C=O) groups excluding carboxylic acids is 3. The second-order valence-corrected chi connectivity index (χ2v) is 9.13. The van der Waals surface area contributed by atoms with E-state index in [2.05, 4.69) is 10.3 Å². The zero-order chi connectivity index (χ0) is 22.9. The molecule has 3 aromatic rings. The number of para-hydroxylation sites is 1. The van der Waals surface area contributed by atoms with Crippen molar-refractivity contribution in [1.29, 1.82) is 0 Å². The third-order valence-corrected chi connectivity index (χ3v) is 5.79. The van der Waals surface area contributed by atoms with Gasteiger partial charge in [0.25, 0.3) is 5.91 Å². The van der Waals surface area contributed by atoms with E-state index in [0.717, 1.165) is 26.9 Å². The Kier molecular flexibility index (Phi) is 5.74. The van der Waals surface area contributed by atoms with E-state index in [1.807, 2.05) is 81.6 Å². The molecule has 2 N–H and O–H groups in total. The molecule has 0 aliphatic carbocycles. The summed E-state index contributed by atoms with van der Waals surface area (Å²) in [5, 5.41) is 3.76. The Morgan fingerprint density at radius 3 is 2.44 bits per heavy atom. The summed E-state index contributed by atoms with van der Waals surface area (Å²) in [6.45, 7) is 5.96. The Balaban J connectivity index is 1.47. The van der Waals surface area contributed by atoms with Gasteiger partial charge in [0.2, 0.25) is 5.91 Å². The van der Waals surface area contributed by atoms with Gasteiger partial charge in [0.15, 0.2) is 0 Å². The summed E-state index contributed by atoms with van der Waals surface area (Å²) in [5.41, 5.74) is 2.46. The van der Waals surface area contributed by atoms with Crippen molar-refractivity contribution in [3.8, 4) is 0 Å². The van der Waals surface area contributed by atoms with Gasteiger partial charge in [-0.3, -0.25) is 14.5 Å². The van der Waals surface area contributed by atoms with Crippen LogP contribution in [0.25, 0.3) is 10.9 Å². The molecule has 1 atom stereocenters. The Morgan fingerprint density at radius 1 is 1.03 bits per heavy atom. The Bertz CT molecular complexity index is 1150. The maximum absolute atomic E-state index is 13.2. The number of imide groups is 1. The number of hydrogen-bond donors (Lipinski definition) is 2. The summed E-state index contributed by atoms with van der Waals surface area (Å²) < 4.78 is 0. The molecular formula is C25H28N4O3. The van der Waals surface area contributed by atoms with E-state index < -0.39 is 17.6 Å². The highest BCUT2D eigenvalue weighted by Gasteiger charge is 2.40. The highest BCUT2D eigenvalue weighted by molar-refractivity contribution is 6.06. The minimum absolute atomic E-state index is 0.266. The Morgan fingerprint density at radius 2 is 1.72 bits per heavy atom. The van der Waals surface area contributed by atoms with Crippen molar-refractivity contribution in [2.24, 2.45) is 0 Å². The van der Waals surface area contributed by atoms with Gasteiger partial charge in [0.05, 0.1) is 0 Å². The molecule has 0 saturated carbocycles. The number of rotatable bonds is 6. The zero-order valence-corrected chi connectivity index (χ0v) is 18.6. The lowest BCUT2D eigenvalue weighted by molar-refractivity contribution is -0.141. The SMILES string of the molecule is CC(C)(C)N(Cc1ccccc1)C(=O)CN1C(=O)N[C@H](Cc2c[nH]c3ccccc23)C1=O. The Hall–Kier alpha value is -3.61. The van der Waals surface area contributed by atoms with Crippen molar-refractivity contribution in [3.05, 3.63) is 71.9 Å². The van der Waals surface area contributed by atoms with E-state index >= 15 is 0 Å². The van der Waals surface area contributed by atoms with Crippen LogP contribution in [0, 0.1) is 0 Å². The highest BCUT2D eigenvalue weighted by Crippen LogP contribution is 2.22. The Labute approximate surface area is 187 Å². The predicted octanol–water partition coefficient (Wildman–Crippen LogP) is 3.46. The number of nitrogens with zero attached hydrogens (tertiary/aromatic N) is 2. The number of benzene rings is 2. The second-order valence-electron chi connectivity index (χ2n) is 9.13. The molecule has 1 aliphatic heterocycles. The molecule has 1 aromatic heterocycles. The van der Waals surface area contributed by atoms with E-state index in [9.17, 15) is 14.4 Å². The molecule has 1 aliphatic rings. The smallest absolute Gasteiger partial charge is 0.325 e. The average Bonchev–Trinajstić information content (AvgIpc) is 3.28. The van der Waals surface area contributed by atoms with Crippen LogP contribution in [0.1, 0.15) is 31.9 Å². The first-order valence-corrected chi connectivity index (χ1v) is 10.8. The molecule has 7 nitrogen and oxygen atoms in total. The van der Waals surface area contributed by atoms with Crippen LogP contribution in [0.4, 0.5) is 4.79 Å². The van der Waals surface area contributed by atoms with Crippen LogP contribution in [0.15, 0.2) is 60.8 Å². The number of aromatic amines is 1. The molecule has 1 fully saturated rings. The number of aromatic nitrogens is 1. The lowest BCUT2D eigenvalue weighted by Gasteiger charge is -2.36. The molecule has 2 aromatic carbocycles. The van der Waals surface area contributed by atoms with E-state index in [4.69, 9.17) is 0 Å². The molecule has 7 heteroatoms. The van der Waals surface area contributed by atoms with Gasteiger partial charge in [0.1, 0.15) is 12.6 Å². The first kappa shape index (κ1) is 21.6. The van der Waals surface area contributed by atoms with Crippen molar-refractivity contribution >= 4 is 28.7 Å². The van der Waals surface area contributed by atoms with Gasteiger partial charge in [-0.2, -0.15) is 0 Å². The van der Waals surface area contributed by atoms with Gasteiger partial charge in [-0.1, -0.05) is 48.5 Å². The van der Waals surface area contributed by atoms with Gasteiger partial charge in [-0.25, -0.2) is 4.79 Å². The first-order valence-electron chi connectivity index (χ1n) is 10.8. The quantitative estimate of drug-likeness (QED) is 0.585. The van der Waals surface area contributed by atoms with Crippen molar-refractivity contribution in [2.75, 3.05) is 6.54 Å². The van der Waals surface area contributed by atoms with E-state index in [1.54, 1.807) is 4.90 Å². The summed E-state index contributed by atoms with van der Waals surface area (Å²) in [7, 11) is 0. The standard InChI is InChI=1S/C25H28N4O3/c1-25(2,3)29(15-17-9-5-4-6-10-17)22(30)16-28-23(31)21(27-24(28)32)13-18-14-26-20-12-8-7-11-19(18)20/h4-12,14,21,26H,13,15-16H2,1-3H3,(H,27,32)/t21-/m1/s1. The molecule has 0 radical (unpaired) electrons. The number of carbonyl (C=O) groups is 3. The van der Waals surface area contributed by atoms with Gasteiger partial charge < -0.3 is 15.2 Å². The summed E-state index contributed by atoms with van der Waals surface area (Å²) in [5.74, 6) is -0.639. The highest BCUT2D eigenvalue weighted by atomic mass is 16.2. The van der Waals surface area contributed by atoms with Gasteiger partial charge in [-0.15, -0.1) is 0 Å². The minimum atomic E-state index is -0.688. The molecule has 0 spiro atoms. The van der Waals surface area contributed by atoms with Crippen LogP contribution < -0.4 is 5.32 Å². The maximum Gasteiger partial charge on any atom is 0.325 e. The zero-order valence-electron chi connectivity index (χ0n) is 18.6. The topological polar surface area (TPSA) is 85.5 Å². The van der Waals surface area contributed by atoms with Gasteiger partial charge >= 0.3 is 6.03 Å². The normalized spacial score (nSPS) is 16.5. The van der Waals surface area contributed by atoms with Crippen LogP contribution in [0.3, 0.4) is 0 Å². The predicted molar refractivity (Wildman–Crippen MR) is 123 cm³/mol. The van der Waals surface area contributed by atoms with Crippen molar-refractivity contribution in [1.82, 2.24) is 20.1 Å². The molecule has 1 saturated heterocycles. The summed E-state index contributed by atoms with van der Waals surface area (Å²) in [6, 6.07) is 16.3. The third-order valence-electron chi connectivity index (χ3n) is 5.79. The summed E-state index contributed by atoms with van der Waals surface area (Å²) >= 11 is 0. The molecular weight excluding hydrogens is 404 g/mol. The molecule has 32 heavy (non-hydrogen) atoms. The van der Waals surface area contributed by atoms with E-state index in [0.29, 0.717) is 13.0 Å². The fourth-order valence-electron chi connectivity index (χ4n) is 4.07. The van der Waals surface area contributed by atoms with Crippen LogP contribution >= 0.6 is 0 Å². The minimum Gasteiger partial charge on any atom is -0.361 e. The molecule has 4 rings (SSSR count). The number of hydrogen-bond acceptors (Lipinski definition) is 3. The monoisotopic (exact) mass is 432 g/mol. The second kappa shape index (κ2) is 8.49. The molecule has 166 valence electrons. The fraction of sp³-hybridized carbons (Fsp3) is 0.320. The van der Waals surface area contributed by atoms with Crippen molar-refractivity contribution in [2.45, 2.75) is 45.3 Å². The third kappa shape index (κ3) is 4.37. The number of urea groups is 1. The van der Waals surface area contributed by atoms with Gasteiger partial charge in [0, 0.05) is 35.6 Å². The number of H-pyrrole nitrogens is 1. The van der Waals surface area contributed by atoms with Crippen molar-refractivity contribution in [3.63, 3.8) is 0 Å². The number of nitrogens with one attached hydrogen (secondary N) is 2. The van der Waals surface area contributed by atoms with Gasteiger partial charge in [-0.05, 0) is 38.0 Å². The number of amides is 4. The largest absolute Gasteiger partial charge is 0.361 e. The van der Waals surface area contributed by atoms with Crippen molar-refractivity contribution < 1.29 is 14.4 Å². The lowest BCUT2D eigenvalue weighted by atomic mass is 10.0. The van der Waals surface area contributed by atoms with E-state index in [1.165, 1.54) is 0 Å². The lowest BCUT2D eigenvalue weighted by Crippen LogP contribution is -2.50. The number of fused-ring (bicyclic) bond motifs is 1. The van der Waals surface area contributed by atoms with Crippen LogP contribution in [0.2, 0.25) is 0 Å². The first-order chi connectivity index (χ1) is 15.2. The maximum atomic E-state index is 13.2. The summed E-state index contributed by atoms with van der Waals surface area (Å²) in [6.07, 6.45) is 2.23. The molecule has 4 amide bonds. The fourth-order valence-corrected chi connectivity index (χ4v) is 4.07. The molecule has 0 unspecified atom stereocenters. The van der Waals surface area contributed by atoms with Crippen LogP contribution in [-0.2, 0) is 22.6 Å².